The number of aromatic nitrogens is 2. The molecule has 3 heterocycles. The van der Waals surface area contributed by atoms with Crippen molar-refractivity contribution in [2.75, 3.05) is 13.1 Å². The number of rotatable bonds is 4. The number of hydrogen-bond acceptors (Lipinski definition) is 2. The van der Waals surface area contributed by atoms with Crippen LogP contribution in [0.2, 0.25) is 0 Å². The second-order valence-electron chi connectivity index (χ2n) is 7.54. The summed E-state index contributed by atoms with van der Waals surface area (Å²) in [6.45, 7) is 3.35. The van der Waals surface area contributed by atoms with Gasteiger partial charge in [0.2, 0.25) is 5.91 Å². The SMILES string of the molecule is Cc1cccn2c(C(CC(=O)N3CCCC3)c3cccc(C(F)(F)F)c3)cnc12. The zero-order valence-electron chi connectivity index (χ0n) is 16.1. The van der Waals surface area contributed by atoms with Crippen LogP contribution in [0.25, 0.3) is 5.65 Å². The van der Waals surface area contributed by atoms with E-state index in [9.17, 15) is 18.0 Å². The van der Waals surface area contributed by atoms with E-state index in [1.807, 2.05) is 29.7 Å². The molecule has 1 aliphatic rings. The summed E-state index contributed by atoms with van der Waals surface area (Å²) in [7, 11) is 0. The minimum atomic E-state index is -4.43. The molecule has 3 aromatic rings. The van der Waals surface area contributed by atoms with Gasteiger partial charge in [-0.3, -0.25) is 4.79 Å². The number of benzene rings is 1. The highest BCUT2D eigenvalue weighted by molar-refractivity contribution is 5.78. The molecule has 1 aliphatic heterocycles. The van der Waals surface area contributed by atoms with Crippen LogP contribution in [0.3, 0.4) is 0 Å². The van der Waals surface area contributed by atoms with E-state index in [4.69, 9.17) is 0 Å². The van der Waals surface area contributed by atoms with Crippen molar-refractivity contribution in [3.63, 3.8) is 0 Å². The van der Waals surface area contributed by atoms with Crippen molar-refractivity contribution in [3.8, 4) is 0 Å². The van der Waals surface area contributed by atoms with Crippen molar-refractivity contribution in [1.82, 2.24) is 14.3 Å². The minimum absolute atomic E-state index is 0.0347. The Labute approximate surface area is 167 Å². The number of fused-ring (bicyclic) bond motifs is 1. The lowest BCUT2D eigenvalue weighted by molar-refractivity contribution is -0.137. The first-order valence-electron chi connectivity index (χ1n) is 9.72. The van der Waals surface area contributed by atoms with E-state index in [0.29, 0.717) is 18.7 Å². The van der Waals surface area contributed by atoms with Crippen LogP contribution in [0.4, 0.5) is 13.2 Å². The number of amides is 1. The third-order valence-corrected chi connectivity index (χ3v) is 5.57. The van der Waals surface area contributed by atoms with Gasteiger partial charge in [0.25, 0.3) is 0 Å². The Bertz CT molecular complexity index is 1040. The molecule has 29 heavy (non-hydrogen) atoms. The second-order valence-corrected chi connectivity index (χ2v) is 7.54. The van der Waals surface area contributed by atoms with Crippen LogP contribution >= 0.6 is 0 Å². The molecule has 0 spiro atoms. The number of imidazole rings is 1. The fraction of sp³-hybridized carbons (Fsp3) is 0.364. The standard InChI is InChI=1S/C22H22F3N3O/c1-15-6-5-11-28-19(14-26-21(15)28)18(13-20(29)27-9-2-3-10-27)16-7-4-8-17(12-16)22(23,24)25/h4-8,11-12,14,18H,2-3,9-10,13H2,1H3. The molecule has 4 rings (SSSR count). The fourth-order valence-electron chi connectivity index (χ4n) is 4.02. The minimum Gasteiger partial charge on any atom is -0.343 e. The van der Waals surface area contributed by atoms with Crippen LogP contribution in [-0.4, -0.2) is 33.3 Å². The molecule has 0 bridgehead atoms. The molecule has 0 saturated carbocycles. The van der Waals surface area contributed by atoms with Gasteiger partial charge in [0.1, 0.15) is 5.65 Å². The van der Waals surface area contributed by atoms with Crippen LogP contribution < -0.4 is 0 Å². The van der Waals surface area contributed by atoms with Gasteiger partial charge < -0.3 is 9.30 Å². The summed E-state index contributed by atoms with van der Waals surface area (Å²) in [6, 6.07) is 9.07. The van der Waals surface area contributed by atoms with E-state index < -0.39 is 17.7 Å². The number of nitrogens with zero attached hydrogens (tertiary/aromatic N) is 3. The normalized spacial score (nSPS) is 15.8. The molecule has 0 aliphatic carbocycles. The Kier molecular flexibility index (Phi) is 5.06. The maximum atomic E-state index is 13.3. The number of carbonyl (C=O) groups is 1. The number of hydrogen-bond donors (Lipinski definition) is 0. The predicted octanol–water partition coefficient (Wildman–Crippen LogP) is 4.81. The van der Waals surface area contributed by atoms with E-state index in [1.165, 1.54) is 6.07 Å². The molecule has 4 nitrogen and oxygen atoms in total. The maximum Gasteiger partial charge on any atom is 0.416 e. The number of carbonyl (C=O) groups excluding carboxylic acids is 1. The Balaban J connectivity index is 1.79. The van der Waals surface area contributed by atoms with E-state index in [2.05, 4.69) is 4.98 Å². The maximum absolute atomic E-state index is 13.3. The Morgan fingerprint density at radius 2 is 1.93 bits per heavy atom. The molecule has 1 fully saturated rings. The van der Waals surface area contributed by atoms with Gasteiger partial charge in [-0.1, -0.05) is 24.3 Å². The van der Waals surface area contributed by atoms with E-state index in [0.717, 1.165) is 41.9 Å². The summed E-state index contributed by atoms with van der Waals surface area (Å²) >= 11 is 0. The van der Waals surface area contributed by atoms with Gasteiger partial charge >= 0.3 is 6.18 Å². The Morgan fingerprint density at radius 3 is 2.66 bits per heavy atom. The van der Waals surface area contributed by atoms with Crippen LogP contribution in [-0.2, 0) is 11.0 Å². The topological polar surface area (TPSA) is 37.6 Å². The summed E-state index contributed by atoms with van der Waals surface area (Å²) < 4.78 is 41.8. The summed E-state index contributed by atoms with van der Waals surface area (Å²) in [5, 5.41) is 0. The van der Waals surface area contributed by atoms with E-state index in [1.54, 1.807) is 17.2 Å². The first kappa shape index (κ1) is 19.5. The lowest BCUT2D eigenvalue weighted by Gasteiger charge is -2.22. The van der Waals surface area contributed by atoms with Gasteiger partial charge in [0, 0.05) is 37.8 Å². The molecule has 0 radical (unpaired) electrons. The summed E-state index contributed by atoms with van der Waals surface area (Å²) in [6.07, 6.45) is 1.12. The molecular weight excluding hydrogens is 379 g/mol. The van der Waals surface area contributed by atoms with Crippen LogP contribution in [0.1, 0.15) is 47.6 Å². The lowest BCUT2D eigenvalue weighted by Crippen LogP contribution is -2.29. The van der Waals surface area contributed by atoms with Crippen molar-refractivity contribution >= 4 is 11.6 Å². The van der Waals surface area contributed by atoms with Crippen LogP contribution in [0, 0.1) is 6.92 Å². The van der Waals surface area contributed by atoms with Gasteiger partial charge in [0.05, 0.1) is 11.3 Å². The number of pyridine rings is 1. The van der Waals surface area contributed by atoms with Crippen LogP contribution in [0.15, 0.2) is 48.8 Å². The van der Waals surface area contributed by atoms with Gasteiger partial charge in [0.15, 0.2) is 0 Å². The number of aryl methyl sites for hydroxylation is 1. The highest BCUT2D eigenvalue weighted by Crippen LogP contribution is 2.35. The zero-order valence-corrected chi connectivity index (χ0v) is 16.1. The van der Waals surface area contributed by atoms with Crippen molar-refractivity contribution in [1.29, 1.82) is 0 Å². The molecule has 1 amide bonds. The molecule has 152 valence electrons. The van der Waals surface area contributed by atoms with E-state index >= 15 is 0 Å². The molecular formula is C22H22F3N3O. The lowest BCUT2D eigenvalue weighted by atomic mass is 9.90. The van der Waals surface area contributed by atoms with Crippen molar-refractivity contribution in [2.24, 2.45) is 0 Å². The predicted molar refractivity (Wildman–Crippen MR) is 104 cm³/mol. The molecule has 1 atom stereocenters. The van der Waals surface area contributed by atoms with E-state index in [-0.39, 0.29) is 12.3 Å². The average molecular weight is 401 g/mol. The third kappa shape index (κ3) is 3.86. The Morgan fingerprint density at radius 1 is 1.17 bits per heavy atom. The number of likely N-dealkylation sites (tertiary alicyclic amines) is 1. The summed E-state index contributed by atoms with van der Waals surface area (Å²) in [4.78, 5) is 19.1. The quantitative estimate of drug-likeness (QED) is 0.629. The van der Waals surface area contributed by atoms with Gasteiger partial charge in [-0.15, -0.1) is 0 Å². The molecule has 1 saturated heterocycles. The molecule has 2 aromatic heterocycles. The van der Waals surface area contributed by atoms with Crippen molar-refractivity contribution in [3.05, 3.63) is 71.2 Å². The van der Waals surface area contributed by atoms with Crippen molar-refractivity contribution < 1.29 is 18.0 Å². The third-order valence-electron chi connectivity index (χ3n) is 5.57. The van der Waals surface area contributed by atoms with Crippen LogP contribution in [0.5, 0.6) is 0 Å². The Hall–Kier alpha value is -2.83. The molecule has 7 heteroatoms. The average Bonchev–Trinajstić information content (AvgIpc) is 3.36. The van der Waals surface area contributed by atoms with Gasteiger partial charge in [-0.2, -0.15) is 13.2 Å². The summed E-state index contributed by atoms with van der Waals surface area (Å²) in [5.74, 6) is -0.547. The first-order valence-corrected chi connectivity index (χ1v) is 9.72. The smallest absolute Gasteiger partial charge is 0.343 e. The summed E-state index contributed by atoms with van der Waals surface area (Å²) in [5.41, 5.74) is 2.19. The highest BCUT2D eigenvalue weighted by atomic mass is 19.4. The fourth-order valence-corrected chi connectivity index (χ4v) is 4.02. The van der Waals surface area contributed by atoms with Gasteiger partial charge in [-0.05, 0) is 43.0 Å². The number of halogens is 3. The zero-order chi connectivity index (χ0) is 20.6. The first-order chi connectivity index (χ1) is 13.8. The molecule has 0 N–H and O–H groups in total. The van der Waals surface area contributed by atoms with Gasteiger partial charge in [-0.25, -0.2) is 4.98 Å². The largest absolute Gasteiger partial charge is 0.416 e. The number of alkyl halides is 3. The monoisotopic (exact) mass is 401 g/mol. The highest BCUT2D eigenvalue weighted by Gasteiger charge is 2.32. The second kappa shape index (κ2) is 7.54. The molecule has 1 unspecified atom stereocenters. The molecule has 1 aromatic carbocycles. The van der Waals surface area contributed by atoms with Crippen molar-refractivity contribution in [2.45, 2.75) is 38.3 Å².